The monoisotopic (exact) mass is 851 g/mol. The molecule has 0 heterocycles. The molecule has 0 atom stereocenters. The zero-order valence-corrected chi connectivity index (χ0v) is 36.9. The molecule has 314 valence electrons. The van der Waals surface area contributed by atoms with Crippen molar-refractivity contribution in [3.05, 3.63) is 273 Å². The summed E-state index contributed by atoms with van der Waals surface area (Å²) in [4.78, 5) is 2.37. The Morgan fingerprint density at radius 2 is 0.567 bits per heavy atom. The van der Waals surface area contributed by atoms with Crippen molar-refractivity contribution in [2.45, 2.75) is 0 Å². The fraction of sp³-hybridized carbons (Fsp3) is 0. The van der Waals surface area contributed by atoms with Gasteiger partial charge in [0.25, 0.3) is 0 Å². The maximum Gasteiger partial charge on any atom is 0.0467 e. The first-order chi connectivity index (χ1) is 33.2. The van der Waals surface area contributed by atoms with Crippen molar-refractivity contribution in [3.8, 4) is 66.8 Å². The smallest absolute Gasteiger partial charge is 0.0467 e. The SMILES string of the molecule is c1ccc(-c2ccc(-c3ccc(N(c4ccc(-c5ccccc5-c5cccc6c5ccc5c7ccccc7ccc65)cc4)c4cccc(-c5ccc(-c6ccccc6)cc5)c4)cc3)cc2)cc1. The third-order valence-corrected chi connectivity index (χ3v) is 13.3. The Hall–Kier alpha value is -8.78. The molecule has 67 heavy (non-hydrogen) atoms. The Bertz CT molecular complexity index is 3690. The van der Waals surface area contributed by atoms with Crippen LogP contribution in [0.25, 0.3) is 99.1 Å². The van der Waals surface area contributed by atoms with Crippen LogP contribution in [0.2, 0.25) is 0 Å². The predicted molar refractivity (Wildman–Crippen MR) is 286 cm³/mol. The highest BCUT2D eigenvalue weighted by atomic mass is 15.1. The van der Waals surface area contributed by atoms with Gasteiger partial charge in [0.05, 0.1) is 0 Å². The van der Waals surface area contributed by atoms with Crippen molar-refractivity contribution >= 4 is 49.4 Å². The van der Waals surface area contributed by atoms with Crippen LogP contribution in [-0.2, 0) is 0 Å². The van der Waals surface area contributed by atoms with Gasteiger partial charge in [0.15, 0.2) is 0 Å². The van der Waals surface area contributed by atoms with Crippen molar-refractivity contribution in [2.75, 3.05) is 4.90 Å². The zero-order chi connectivity index (χ0) is 44.5. The van der Waals surface area contributed by atoms with Crippen molar-refractivity contribution < 1.29 is 0 Å². The minimum atomic E-state index is 1.08. The highest BCUT2D eigenvalue weighted by Crippen LogP contribution is 2.42. The number of hydrogen-bond acceptors (Lipinski definition) is 1. The highest BCUT2D eigenvalue weighted by Gasteiger charge is 2.17. The van der Waals surface area contributed by atoms with Gasteiger partial charge >= 0.3 is 0 Å². The summed E-state index contributed by atoms with van der Waals surface area (Å²) in [6.45, 7) is 0. The van der Waals surface area contributed by atoms with Crippen LogP contribution < -0.4 is 4.90 Å². The van der Waals surface area contributed by atoms with Gasteiger partial charge in [-0.3, -0.25) is 0 Å². The summed E-state index contributed by atoms with van der Waals surface area (Å²) >= 11 is 0. The molecule has 0 N–H and O–H groups in total. The van der Waals surface area contributed by atoms with Crippen LogP contribution in [0.1, 0.15) is 0 Å². The van der Waals surface area contributed by atoms with E-state index in [0.717, 1.165) is 17.1 Å². The summed E-state index contributed by atoms with van der Waals surface area (Å²) in [5.41, 5.74) is 17.7. The average molecular weight is 852 g/mol. The van der Waals surface area contributed by atoms with Crippen LogP contribution in [0.5, 0.6) is 0 Å². The van der Waals surface area contributed by atoms with Crippen molar-refractivity contribution in [3.63, 3.8) is 0 Å². The molecule has 1 heteroatoms. The third-order valence-electron chi connectivity index (χ3n) is 13.3. The molecule has 0 amide bonds. The van der Waals surface area contributed by atoms with Gasteiger partial charge in [0.2, 0.25) is 0 Å². The van der Waals surface area contributed by atoms with E-state index in [4.69, 9.17) is 0 Å². The third kappa shape index (κ3) is 7.63. The second-order valence-corrected chi connectivity index (χ2v) is 17.3. The van der Waals surface area contributed by atoms with Crippen LogP contribution in [-0.4, -0.2) is 0 Å². The van der Waals surface area contributed by atoms with Gasteiger partial charge in [0, 0.05) is 17.1 Å². The molecule has 0 unspecified atom stereocenters. The Kier molecular flexibility index (Phi) is 10.3. The molecule has 12 rings (SSSR count). The minimum absolute atomic E-state index is 1.08. The molecule has 0 fully saturated rings. The maximum atomic E-state index is 2.37. The Morgan fingerprint density at radius 1 is 0.179 bits per heavy atom. The molecular weight excluding hydrogens is 807 g/mol. The summed E-state index contributed by atoms with van der Waals surface area (Å²) in [7, 11) is 0. The van der Waals surface area contributed by atoms with Gasteiger partial charge in [-0.05, 0) is 135 Å². The first-order valence-electron chi connectivity index (χ1n) is 23.1. The molecule has 0 aliphatic rings. The van der Waals surface area contributed by atoms with Crippen molar-refractivity contribution in [1.82, 2.24) is 0 Å². The van der Waals surface area contributed by atoms with Crippen LogP contribution >= 0.6 is 0 Å². The molecule has 0 bridgehead atoms. The van der Waals surface area contributed by atoms with E-state index in [1.807, 2.05) is 0 Å². The summed E-state index contributed by atoms with van der Waals surface area (Å²) in [6, 6.07) is 99.3. The largest absolute Gasteiger partial charge is 0.310 e. The van der Waals surface area contributed by atoms with Crippen molar-refractivity contribution in [1.29, 1.82) is 0 Å². The van der Waals surface area contributed by atoms with Crippen molar-refractivity contribution in [2.24, 2.45) is 0 Å². The fourth-order valence-electron chi connectivity index (χ4n) is 9.90. The van der Waals surface area contributed by atoms with Crippen LogP contribution in [0.15, 0.2) is 273 Å². The van der Waals surface area contributed by atoms with E-state index < -0.39 is 0 Å². The van der Waals surface area contributed by atoms with E-state index in [-0.39, 0.29) is 0 Å². The molecule has 0 aromatic heterocycles. The maximum absolute atomic E-state index is 2.37. The lowest BCUT2D eigenvalue weighted by molar-refractivity contribution is 1.28. The second-order valence-electron chi connectivity index (χ2n) is 17.3. The molecule has 0 spiro atoms. The van der Waals surface area contributed by atoms with Gasteiger partial charge < -0.3 is 4.90 Å². The van der Waals surface area contributed by atoms with Gasteiger partial charge in [-0.1, -0.05) is 237 Å². The molecule has 12 aromatic carbocycles. The molecule has 1 nitrogen and oxygen atoms in total. The summed E-state index contributed by atoms with van der Waals surface area (Å²) < 4.78 is 0. The van der Waals surface area contributed by atoms with Crippen LogP contribution in [0.3, 0.4) is 0 Å². The quantitative estimate of drug-likeness (QED) is 0.131. The summed E-state index contributed by atoms with van der Waals surface area (Å²) in [5.74, 6) is 0. The zero-order valence-electron chi connectivity index (χ0n) is 36.9. The van der Waals surface area contributed by atoms with Gasteiger partial charge in [0.1, 0.15) is 0 Å². The van der Waals surface area contributed by atoms with Gasteiger partial charge in [-0.15, -0.1) is 0 Å². The summed E-state index contributed by atoms with van der Waals surface area (Å²) in [6.07, 6.45) is 0. The van der Waals surface area contributed by atoms with E-state index in [2.05, 4.69) is 278 Å². The predicted octanol–water partition coefficient (Wildman–Crippen LogP) is 18.6. The molecular formula is C66H45N. The standard InChI is InChI=1S/C66H45N/c1-3-13-46(14-4-1)48-25-27-50(28-26-48)51-33-38-56(39-34-51)67(58-19-11-18-55(45-58)52-31-29-49(30-32-52)47-15-5-2-6-16-47)57-40-35-54(36-41-57)60-21-9-10-22-61(60)62-23-12-24-63-65-42-37-53-17-7-8-20-59(53)64(65)43-44-66(62)63/h1-45H. The molecule has 0 saturated heterocycles. The number of fused-ring (bicyclic) bond motifs is 5. The van der Waals surface area contributed by atoms with E-state index in [1.54, 1.807) is 0 Å². The Balaban J connectivity index is 0.915. The Morgan fingerprint density at radius 3 is 1.19 bits per heavy atom. The number of rotatable bonds is 9. The van der Waals surface area contributed by atoms with Gasteiger partial charge in [-0.2, -0.15) is 0 Å². The van der Waals surface area contributed by atoms with E-state index in [9.17, 15) is 0 Å². The van der Waals surface area contributed by atoms with E-state index in [0.29, 0.717) is 0 Å². The number of anilines is 3. The number of nitrogens with zero attached hydrogens (tertiary/aromatic N) is 1. The van der Waals surface area contributed by atoms with Crippen LogP contribution in [0, 0.1) is 0 Å². The lowest BCUT2D eigenvalue weighted by atomic mass is 9.89. The molecule has 0 radical (unpaired) electrons. The minimum Gasteiger partial charge on any atom is -0.310 e. The van der Waals surface area contributed by atoms with E-state index in [1.165, 1.54) is 99.1 Å². The number of hydrogen-bond donors (Lipinski definition) is 0. The van der Waals surface area contributed by atoms with Crippen LogP contribution in [0.4, 0.5) is 17.1 Å². The molecule has 12 aromatic rings. The topological polar surface area (TPSA) is 3.24 Å². The normalized spacial score (nSPS) is 11.3. The lowest BCUT2D eigenvalue weighted by Gasteiger charge is -2.26. The molecule has 0 aliphatic carbocycles. The fourth-order valence-corrected chi connectivity index (χ4v) is 9.90. The molecule has 0 aliphatic heterocycles. The first-order valence-corrected chi connectivity index (χ1v) is 23.1. The Labute approximate surface area is 392 Å². The van der Waals surface area contributed by atoms with Gasteiger partial charge in [-0.25, -0.2) is 0 Å². The summed E-state index contributed by atoms with van der Waals surface area (Å²) in [5, 5.41) is 7.64. The lowest BCUT2D eigenvalue weighted by Crippen LogP contribution is -2.10. The van der Waals surface area contributed by atoms with E-state index >= 15 is 0 Å². The first kappa shape index (κ1) is 39.8. The number of benzene rings is 12. The highest BCUT2D eigenvalue weighted by molar-refractivity contribution is 6.19. The average Bonchev–Trinajstić information content (AvgIpc) is 3.42. The second kappa shape index (κ2) is 17.3. The molecule has 0 saturated carbocycles.